The van der Waals surface area contributed by atoms with E-state index in [0.717, 1.165) is 37.8 Å². The van der Waals surface area contributed by atoms with E-state index in [2.05, 4.69) is 11.9 Å². The lowest BCUT2D eigenvalue weighted by molar-refractivity contribution is -0.121. The first-order valence-electron chi connectivity index (χ1n) is 6.15. The van der Waals surface area contributed by atoms with Gasteiger partial charge in [-0.1, -0.05) is 12.1 Å². The minimum Gasteiger partial charge on any atom is -0.508 e. The zero-order valence-corrected chi connectivity index (χ0v) is 10.2. The molecule has 1 fully saturated rings. The first kappa shape index (κ1) is 12.1. The van der Waals surface area contributed by atoms with Gasteiger partial charge in [-0.25, -0.2) is 0 Å². The molecule has 17 heavy (non-hydrogen) atoms. The normalized spacial score (nSPS) is 17.6. The summed E-state index contributed by atoms with van der Waals surface area (Å²) in [6.07, 6.45) is 3.37. The molecular weight excluding hydrogens is 214 g/mol. The smallest absolute Gasteiger partial charge is 0.133 e. The highest BCUT2D eigenvalue weighted by Gasteiger charge is 2.21. The number of Topliss-reactive ketones (excluding diaryl/α,β-unsaturated/α-hetero) is 1. The molecule has 1 saturated carbocycles. The number of hydrogen-bond acceptors (Lipinski definition) is 3. The van der Waals surface area contributed by atoms with Gasteiger partial charge >= 0.3 is 0 Å². The summed E-state index contributed by atoms with van der Waals surface area (Å²) in [6.45, 7) is 0.827. The van der Waals surface area contributed by atoms with Crippen LogP contribution in [0.5, 0.6) is 5.75 Å². The first-order chi connectivity index (χ1) is 8.15. The predicted octanol–water partition coefficient (Wildman–Crippen LogP) is 2.34. The molecule has 0 unspecified atom stereocenters. The fourth-order valence-corrected chi connectivity index (χ4v) is 2.44. The molecule has 0 radical (unpaired) electrons. The molecule has 0 aromatic heterocycles. The number of phenols is 1. The maximum atomic E-state index is 11.2. The van der Waals surface area contributed by atoms with Gasteiger partial charge in [-0.05, 0) is 37.6 Å². The number of ketones is 1. The van der Waals surface area contributed by atoms with Gasteiger partial charge in [-0.3, -0.25) is 9.69 Å². The molecule has 1 aromatic rings. The monoisotopic (exact) mass is 233 g/mol. The zero-order valence-electron chi connectivity index (χ0n) is 10.2. The van der Waals surface area contributed by atoms with Gasteiger partial charge in [0.25, 0.3) is 0 Å². The van der Waals surface area contributed by atoms with E-state index in [4.69, 9.17) is 0 Å². The molecule has 1 N–H and O–H groups in total. The fraction of sp³-hybridized carbons (Fsp3) is 0.500. The van der Waals surface area contributed by atoms with E-state index < -0.39 is 0 Å². The van der Waals surface area contributed by atoms with Crippen LogP contribution in [0.1, 0.15) is 31.2 Å². The molecule has 0 amide bonds. The first-order valence-corrected chi connectivity index (χ1v) is 6.15. The van der Waals surface area contributed by atoms with Gasteiger partial charge in [0.2, 0.25) is 0 Å². The van der Waals surface area contributed by atoms with Crippen molar-refractivity contribution < 1.29 is 9.90 Å². The van der Waals surface area contributed by atoms with Crippen LogP contribution in [0, 0.1) is 0 Å². The Kier molecular flexibility index (Phi) is 3.79. The van der Waals surface area contributed by atoms with Crippen LogP contribution in [0.25, 0.3) is 0 Å². The quantitative estimate of drug-likeness (QED) is 0.871. The third kappa shape index (κ3) is 3.30. The van der Waals surface area contributed by atoms with E-state index in [1.807, 2.05) is 12.1 Å². The van der Waals surface area contributed by atoms with Crippen LogP contribution < -0.4 is 0 Å². The number of aromatic hydroxyl groups is 1. The molecule has 92 valence electrons. The highest BCUT2D eigenvalue weighted by molar-refractivity contribution is 5.79. The molecular formula is C14H19NO2. The van der Waals surface area contributed by atoms with Crippen molar-refractivity contribution in [2.45, 2.75) is 38.3 Å². The van der Waals surface area contributed by atoms with Crippen LogP contribution >= 0.6 is 0 Å². The van der Waals surface area contributed by atoms with Crippen molar-refractivity contribution in [1.82, 2.24) is 4.90 Å². The summed E-state index contributed by atoms with van der Waals surface area (Å²) in [5.74, 6) is 0.710. The maximum absolute atomic E-state index is 11.2. The van der Waals surface area contributed by atoms with E-state index in [9.17, 15) is 9.90 Å². The van der Waals surface area contributed by atoms with Gasteiger partial charge in [-0.15, -0.1) is 0 Å². The SMILES string of the molecule is CN(Cc1cccc(O)c1)C1CCC(=O)CC1. The fourth-order valence-electron chi connectivity index (χ4n) is 2.44. The van der Waals surface area contributed by atoms with E-state index in [1.54, 1.807) is 12.1 Å². The molecule has 3 nitrogen and oxygen atoms in total. The van der Waals surface area contributed by atoms with Gasteiger partial charge in [-0.2, -0.15) is 0 Å². The Morgan fingerprint density at radius 1 is 1.35 bits per heavy atom. The van der Waals surface area contributed by atoms with Crippen molar-refractivity contribution in [2.24, 2.45) is 0 Å². The van der Waals surface area contributed by atoms with Crippen molar-refractivity contribution >= 4 is 5.78 Å². The van der Waals surface area contributed by atoms with Gasteiger partial charge < -0.3 is 5.11 Å². The summed E-state index contributed by atoms with van der Waals surface area (Å²) in [5, 5.41) is 9.41. The van der Waals surface area contributed by atoms with E-state index >= 15 is 0 Å². The van der Waals surface area contributed by atoms with Gasteiger partial charge in [0.15, 0.2) is 0 Å². The van der Waals surface area contributed by atoms with Gasteiger partial charge in [0.1, 0.15) is 11.5 Å². The number of hydrogen-bond donors (Lipinski definition) is 1. The molecule has 1 aliphatic rings. The second-order valence-electron chi connectivity index (χ2n) is 4.85. The van der Waals surface area contributed by atoms with Crippen LogP contribution in [0.2, 0.25) is 0 Å². The second kappa shape index (κ2) is 5.32. The summed E-state index contributed by atoms with van der Waals surface area (Å²) in [5.41, 5.74) is 1.12. The molecule has 3 heteroatoms. The molecule has 0 atom stereocenters. The van der Waals surface area contributed by atoms with Crippen LogP contribution in [0.4, 0.5) is 0 Å². The highest BCUT2D eigenvalue weighted by atomic mass is 16.3. The summed E-state index contributed by atoms with van der Waals surface area (Å²) in [6, 6.07) is 7.86. The topological polar surface area (TPSA) is 40.5 Å². The number of phenolic OH excluding ortho intramolecular Hbond substituents is 1. The Morgan fingerprint density at radius 2 is 2.06 bits per heavy atom. The molecule has 1 aliphatic carbocycles. The molecule has 0 bridgehead atoms. The van der Waals surface area contributed by atoms with Crippen molar-refractivity contribution in [1.29, 1.82) is 0 Å². The minimum absolute atomic E-state index is 0.315. The molecule has 1 aromatic carbocycles. The number of rotatable bonds is 3. The zero-order chi connectivity index (χ0) is 12.3. The van der Waals surface area contributed by atoms with Crippen molar-refractivity contribution in [3.63, 3.8) is 0 Å². The third-order valence-electron chi connectivity index (χ3n) is 3.48. The van der Waals surface area contributed by atoms with Crippen LogP contribution in [0.15, 0.2) is 24.3 Å². The second-order valence-corrected chi connectivity index (χ2v) is 4.85. The summed E-state index contributed by atoms with van der Waals surface area (Å²) >= 11 is 0. The van der Waals surface area contributed by atoms with Crippen LogP contribution in [-0.4, -0.2) is 28.9 Å². The van der Waals surface area contributed by atoms with Crippen molar-refractivity contribution in [3.8, 4) is 5.75 Å². The Hall–Kier alpha value is -1.35. The Balaban J connectivity index is 1.92. The Bertz CT molecular complexity index is 393. The largest absolute Gasteiger partial charge is 0.508 e. The standard InChI is InChI=1S/C14H19NO2/c1-15(12-5-7-13(16)8-6-12)10-11-3-2-4-14(17)9-11/h2-4,9,12,17H,5-8,10H2,1H3. The van der Waals surface area contributed by atoms with Crippen LogP contribution in [0.3, 0.4) is 0 Å². The summed E-state index contributed by atoms with van der Waals surface area (Å²) in [7, 11) is 2.09. The van der Waals surface area contributed by atoms with Crippen molar-refractivity contribution in [2.75, 3.05) is 7.05 Å². The molecule has 2 rings (SSSR count). The summed E-state index contributed by atoms with van der Waals surface area (Å²) in [4.78, 5) is 13.5. The number of carbonyl (C=O) groups excluding carboxylic acids is 1. The van der Waals surface area contributed by atoms with Gasteiger partial charge in [0, 0.05) is 25.4 Å². The lowest BCUT2D eigenvalue weighted by Crippen LogP contribution is -2.34. The number of carbonyl (C=O) groups is 1. The summed E-state index contributed by atoms with van der Waals surface area (Å²) < 4.78 is 0. The van der Waals surface area contributed by atoms with E-state index in [1.165, 1.54) is 0 Å². The minimum atomic E-state index is 0.315. The van der Waals surface area contributed by atoms with Crippen molar-refractivity contribution in [3.05, 3.63) is 29.8 Å². The lowest BCUT2D eigenvalue weighted by Gasteiger charge is -2.30. The number of nitrogens with zero attached hydrogens (tertiary/aromatic N) is 1. The van der Waals surface area contributed by atoms with Crippen LogP contribution in [-0.2, 0) is 11.3 Å². The average molecular weight is 233 g/mol. The highest BCUT2D eigenvalue weighted by Crippen LogP contribution is 2.21. The van der Waals surface area contributed by atoms with E-state index in [-0.39, 0.29) is 0 Å². The Labute approximate surface area is 102 Å². The average Bonchev–Trinajstić information content (AvgIpc) is 2.29. The maximum Gasteiger partial charge on any atom is 0.133 e. The molecule has 0 spiro atoms. The molecule has 0 saturated heterocycles. The number of benzene rings is 1. The lowest BCUT2D eigenvalue weighted by atomic mass is 9.93. The van der Waals surface area contributed by atoms with Gasteiger partial charge in [0.05, 0.1) is 0 Å². The molecule has 0 heterocycles. The third-order valence-corrected chi connectivity index (χ3v) is 3.48. The molecule has 0 aliphatic heterocycles. The predicted molar refractivity (Wildman–Crippen MR) is 66.8 cm³/mol. The van der Waals surface area contributed by atoms with E-state index in [0.29, 0.717) is 17.6 Å². The Morgan fingerprint density at radius 3 is 2.71 bits per heavy atom.